The van der Waals surface area contributed by atoms with Crippen molar-refractivity contribution in [1.29, 1.82) is 0 Å². The van der Waals surface area contributed by atoms with Crippen LogP contribution in [0.1, 0.15) is 31.2 Å². The van der Waals surface area contributed by atoms with Crippen molar-refractivity contribution in [3.8, 4) is 0 Å². The van der Waals surface area contributed by atoms with Crippen LogP contribution < -0.4 is 0 Å². The van der Waals surface area contributed by atoms with Gasteiger partial charge in [-0.2, -0.15) is 13.2 Å². The Labute approximate surface area is 125 Å². The number of benzene rings is 1. The van der Waals surface area contributed by atoms with Crippen LogP contribution in [-0.2, 0) is 6.42 Å². The van der Waals surface area contributed by atoms with Crippen molar-refractivity contribution in [2.75, 3.05) is 0 Å². The summed E-state index contributed by atoms with van der Waals surface area (Å²) in [7, 11) is 0. The fourth-order valence-corrected chi connectivity index (χ4v) is 3.30. The number of alkyl halides is 3. The number of aliphatic hydroxyl groups is 1. The number of halogens is 4. The molecule has 0 aliphatic heterocycles. The zero-order valence-corrected chi connectivity index (χ0v) is 12.6. The van der Waals surface area contributed by atoms with E-state index in [2.05, 4.69) is 15.9 Å². The first kappa shape index (κ1) is 15.8. The van der Waals surface area contributed by atoms with Gasteiger partial charge in [-0.3, -0.25) is 0 Å². The van der Waals surface area contributed by atoms with Crippen molar-refractivity contribution < 1.29 is 18.3 Å². The monoisotopic (exact) mass is 350 g/mol. The fraction of sp³-hybridized carbons (Fsp3) is 0.600. The molecule has 0 saturated heterocycles. The molecule has 1 nitrogen and oxygen atoms in total. The molecule has 0 heterocycles. The van der Waals surface area contributed by atoms with E-state index in [1.807, 2.05) is 24.3 Å². The van der Waals surface area contributed by atoms with Crippen LogP contribution in [-0.4, -0.2) is 17.4 Å². The largest absolute Gasteiger partial charge is 0.392 e. The molecule has 1 saturated carbocycles. The maximum atomic E-state index is 13.0. The third kappa shape index (κ3) is 3.98. The van der Waals surface area contributed by atoms with Gasteiger partial charge in [0.2, 0.25) is 0 Å². The first-order valence-electron chi connectivity index (χ1n) is 6.87. The average Bonchev–Trinajstić information content (AvgIpc) is 2.40. The van der Waals surface area contributed by atoms with Gasteiger partial charge in [-0.15, -0.1) is 0 Å². The van der Waals surface area contributed by atoms with Gasteiger partial charge in [-0.05, 0) is 42.9 Å². The van der Waals surface area contributed by atoms with E-state index in [0.717, 1.165) is 16.5 Å². The van der Waals surface area contributed by atoms with Crippen molar-refractivity contribution in [2.45, 2.75) is 44.4 Å². The van der Waals surface area contributed by atoms with Crippen molar-refractivity contribution in [3.05, 3.63) is 34.3 Å². The van der Waals surface area contributed by atoms with Crippen LogP contribution in [0, 0.1) is 11.8 Å². The van der Waals surface area contributed by atoms with Gasteiger partial charge in [0, 0.05) is 4.47 Å². The van der Waals surface area contributed by atoms with Gasteiger partial charge in [0.05, 0.1) is 12.0 Å². The van der Waals surface area contributed by atoms with Crippen molar-refractivity contribution in [2.24, 2.45) is 11.8 Å². The minimum absolute atomic E-state index is 0.144. The van der Waals surface area contributed by atoms with E-state index in [4.69, 9.17) is 0 Å². The SMILES string of the molecule is OC(Cc1ccc(Br)cc1)C1CCCCC1C(F)(F)F. The molecule has 2 rings (SSSR count). The van der Waals surface area contributed by atoms with E-state index in [1.165, 1.54) is 0 Å². The van der Waals surface area contributed by atoms with Gasteiger partial charge in [0.25, 0.3) is 0 Å². The topological polar surface area (TPSA) is 20.2 Å². The molecule has 1 N–H and O–H groups in total. The minimum Gasteiger partial charge on any atom is -0.392 e. The second-order valence-corrected chi connectivity index (χ2v) is 6.41. The molecule has 0 spiro atoms. The second kappa shape index (κ2) is 6.48. The van der Waals surface area contributed by atoms with Crippen LogP contribution in [0.25, 0.3) is 0 Å². The quantitative estimate of drug-likeness (QED) is 0.835. The van der Waals surface area contributed by atoms with Gasteiger partial charge in [0.1, 0.15) is 0 Å². The Balaban J connectivity index is 2.06. The van der Waals surface area contributed by atoms with Crippen LogP contribution in [0.4, 0.5) is 13.2 Å². The summed E-state index contributed by atoms with van der Waals surface area (Å²) < 4.78 is 40.0. The van der Waals surface area contributed by atoms with Gasteiger partial charge < -0.3 is 5.11 Å². The second-order valence-electron chi connectivity index (χ2n) is 5.49. The molecule has 1 aromatic carbocycles. The van der Waals surface area contributed by atoms with E-state index in [-0.39, 0.29) is 12.8 Å². The van der Waals surface area contributed by atoms with E-state index in [0.29, 0.717) is 12.8 Å². The summed E-state index contributed by atoms with van der Waals surface area (Å²) in [6.45, 7) is 0. The standard InChI is InChI=1S/C15H18BrF3O/c16-11-7-5-10(6-8-11)9-14(20)12-3-1-2-4-13(12)15(17,18)19/h5-8,12-14,20H,1-4,9H2. The van der Waals surface area contributed by atoms with Crippen LogP contribution in [0.3, 0.4) is 0 Å². The lowest BCUT2D eigenvalue weighted by atomic mass is 9.74. The van der Waals surface area contributed by atoms with Gasteiger partial charge in [0.15, 0.2) is 0 Å². The van der Waals surface area contributed by atoms with Crippen LogP contribution in [0.2, 0.25) is 0 Å². The molecule has 1 aliphatic rings. The highest BCUT2D eigenvalue weighted by atomic mass is 79.9. The highest BCUT2D eigenvalue weighted by molar-refractivity contribution is 9.10. The predicted octanol–water partition coefficient (Wildman–Crippen LogP) is 4.72. The summed E-state index contributed by atoms with van der Waals surface area (Å²) in [4.78, 5) is 0. The third-order valence-corrected chi connectivity index (χ3v) is 4.62. The van der Waals surface area contributed by atoms with Gasteiger partial charge >= 0.3 is 6.18 Å². The number of hydrogen-bond acceptors (Lipinski definition) is 1. The fourth-order valence-electron chi connectivity index (χ4n) is 3.04. The highest BCUT2D eigenvalue weighted by Crippen LogP contribution is 2.43. The summed E-state index contributed by atoms with van der Waals surface area (Å²) in [5.74, 6) is -2.03. The lowest BCUT2D eigenvalue weighted by molar-refractivity contribution is -0.206. The molecular weight excluding hydrogens is 333 g/mol. The van der Waals surface area contributed by atoms with Crippen molar-refractivity contribution in [3.63, 3.8) is 0 Å². The van der Waals surface area contributed by atoms with Gasteiger partial charge in [-0.1, -0.05) is 40.9 Å². The molecule has 1 fully saturated rings. The molecule has 5 heteroatoms. The zero-order valence-electron chi connectivity index (χ0n) is 11.0. The molecule has 0 aromatic heterocycles. The Morgan fingerprint density at radius 3 is 2.35 bits per heavy atom. The van der Waals surface area contributed by atoms with E-state index in [1.54, 1.807) is 0 Å². The Hall–Kier alpha value is -0.550. The van der Waals surface area contributed by atoms with Crippen LogP contribution in [0.5, 0.6) is 0 Å². The Kier molecular flexibility index (Phi) is 5.13. The highest BCUT2D eigenvalue weighted by Gasteiger charge is 2.47. The summed E-state index contributed by atoms with van der Waals surface area (Å²) >= 11 is 3.31. The molecule has 3 atom stereocenters. The Morgan fingerprint density at radius 1 is 1.15 bits per heavy atom. The maximum absolute atomic E-state index is 13.0. The van der Waals surface area contributed by atoms with Crippen LogP contribution in [0.15, 0.2) is 28.7 Å². The van der Waals surface area contributed by atoms with E-state index < -0.39 is 24.1 Å². The first-order chi connectivity index (χ1) is 9.38. The summed E-state index contributed by atoms with van der Waals surface area (Å²) in [6.07, 6.45) is -2.87. The third-order valence-electron chi connectivity index (χ3n) is 4.09. The summed E-state index contributed by atoms with van der Waals surface area (Å²) in [5, 5.41) is 10.2. The Bertz CT molecular complexity index is 430. The molecule has 20 heavy (non-hydrogen) atoms. The number of aliphatic hydroxyl groups excluding tert-OH is 1. The lowest BCUT2D eigenvalue weighted by Crippen LogP contribution is -2.40. The number of hydrogen-bond donors (Lipinski definition) is 1. The van der Waals surface area contributed by atoms with E-state index >= 15 is 0 Å². The average molecular weight is 351 g/mol. The summed E-state index contributed by atoms with van der Waals surface area (Å²) in [6, 6.07) is 7.34. The Morgan fingerprint density at radius 2 is 1.75 bits per heavy atom. The first-order valence-corrected chi connectivity index (χ1v) is 7.66. The minimum atomic E-state index is -4.20. The summed E-state index contributed by atoms with van der Waals surface area (Å²) in [5.41, 5.74) is 0.868. The maximum Gasteiger partial charge on any atom is 0.392 e. The zero-order chi connectivity index (χ0) is 14.8. The molecule has 1 aliphatic carbocycles. The smallest absolute Gasteiger partial charge is 0.392 e. The molecule has 0 bridgehead atoms. The molecule has 0 radical (unpaired) electrons. The van der Waals surface area contributed by atoms with Crippen LogP contribution >= 0.6 is 15.9 Å². The molecule has 0 amide bonds. The molecule has 3 unspecified atom stereocenters. The number of rotatable bonds is 3. The predicted molar refractivity (Wildman–Crippen MR) is 75.4 cm³/mol. The lowest BCUT2D eigenvalue weighted by Gasteiger charge is -2.36. The van der Waals surface area contributed by atoms with E-state index in [9.17, 15) is 18.3 Å². The molecule has 1 aromatic rings. The normalized spacial score (nSPS) is 25.4. The molecular formula is C15H18BrF3O. The van der Waals surface area contributed by atoms with Crippen molar-refractivity contribution in [1.82, 2.24) is 0 Å². The van der Waals surface area contributed by atoms with Crippen molar-refractivity contribution >= 4 is 15.9 Å². The molecule has 112 valence electrons. The van der Waals surface area contributed by atoms with Gasteiger partial charge in [-0.25, -0.2) is 0 Å².